The standard InChI is InChI=1S/C23H18F3N7O2/c1-11-4-18-29-14(10-33(18)9-12(11)8-27)7-17-30-19-15(20(34)31-17)5-13(23(24,25)26)6-16(19)32-22(2-3-22)21(28)35/h4-6,9-10,32H,2-3,7H2,1H3,(H2,28,35)(H,30,31,34). The Kier molecular flexibility index (Phi) is 4.84. The Bertz CT molecular complexity index is 1620. The summed E-state index contributed by atoms with van der Waals surface area (Å²) in [5, 5.41) is 11.8. The number of pyridine rings is 1. The molecule has 178 valence electrons. The van der Waals surface area contributed by atoms with E-state index in [0.717, 1.165) is 17.7 Å². The number of nitriles is 1. The molecule has 4 aromatic rings. The predicted molar refractivity (Wildman–Crippen MR) is 120 cm³/mol. The molecule has 0 unspecified atom stereocenters. The van der Waals surface area contributed by atoms with Gasteiger partial charge in [-0.25, -0.2) is 9.97 Å². The minimum atomic E-state index is -4.71. The molecule has 0 spiro atoms. The highest BCUT2D eigenvalue weighted by atomic mass is 19.4. The Balaban J connectivity index is 1.61. The van der Waals surface area contributed by atoms with Gasteiger partial charge in [0.05, 0.1) is 27.9 Å². The van der Waals surface area contributed by atoms with Gasteiger partial charge in [-0.1, -0.05) is 0 Å². The van der Waals surface area contributed by atoms with Gasteiger partial charge in [-0.05, 0) is 43.5 Å². The van der Waals surface area contributed by atoms with Crippen LogP contribution in [0.2, 0.25) is 0 Å². The van der Waals surface area contributed by atoms with Gasteiger partial charge in [0, 0.05) is 18.8 Å². The number of fused-ring (bicyclic) bond motifs is 2. The van der Waals surface area contributed by atoms with Crippen LogP contribution in [0, 0.1) is 18.3 Å². The quantitative estimate of drug-likeness (QED) is 0.400. The molecule has 0 bridgehead atoms. The van der Waals surface area contributed by atoms with Gasteiger partial charge in [0.25, 0.3) is 5.56 Å². The van der Waals surface area contributed by atoms with E-state index in [4.69, 9.17) is 5.73 Å². The van der Waals surface area contributed by atoms with Crippen molar-refractivity contribution in [3.63, 3.8) is 0 Å². The van der Waals surface area contributed by atoms with Crippen molar-refractivity contribution >= 4 is 28.1 Å². The Morgan fingerprint density at radius 1 is 1.29 bits per heavy atom. The van der Waals surface area contributed by atoms with Crippen molar-refractivity contribution in [1.82, 2.24) is 19.4 Å². The van der Waals surface area contributed by atoms with E-state index in [1.807, 2.05) is 0 Å². The maximum Gasteiger partial charge on any atom is 0.416 e. The normalized spacial score (nSPS) is 14.7. The van der Waals surface area contributed by atoms with Gasteiger partial charge in [-0.2, -0.15) is 18.4 Å². The summed E-state index contributed by atoms with van der Waals surface area (Å²) in [5.41, 5.74) is 4.73. The number of benzene rings is 1. The summed E-state index contributed by atoms with van der Waals surface area (Å²) in [6, 6.07) is 5.41. The van der Waals surface area contributed by atoms with E-state index in [1.54, 1.807) is 29.8 Å². The lowest BCUT2D eigenvalue weighted by Gasteiger charge is -2.18. The summed E-state index contributed by atoms with van der Waals surface area (Å²) in [6.45, 7) is 1.79. The molecule has 1 aliphatic carbocycles. The zero-order chi connectivity index (χ0) is 25.1. The van der Waals surface area contributed by atoms with Crippen molar-refractivity contribution < 1.29 is 18.0 Å². The number of aromatic nitrogens is 4. The fraction of sp³-hybridized carbons (Fsp3) is 0.261. The molecule has 1 saturated carbocycles. The average Bonchev–Trinajstić information content (AvgIpc) is 3.46. The summed E-state index contributed by atoms with van der Waals surface area (Å²) in [4.78, 5) is 36.1. The number of hydrogen-bond acceptors (Lipinski definition) is 6. The second-order valence-corrected chi connectivity index (χ2v) is 8.66. The molecule has 0 saturated heterocycles. The number of amides is 1. The van der Waals surface area contributed by atoms with Gasteiger partial charge in [-0.15, -0.1) is 0 Å². The van der Waals surface area contributed by atoms with E-state index in [2.05, 4.69) is 26.3 Å². The molecule has 9 nitrogen and oxygen atoms in total. The molecule has 3 heterocycles. The monoisotopic (exact) mass is 481 g/mol. The van der Waals surface area contributed by atoms with Crippen LogP contribution in [-0.2, 0) is 17.4 Å². The van der Waals surface area contributed by atoms with E-state index in [0.29, 0.717) is 29.7 Å². The Labute approximate surface area is 195 Å². The van der Waals surface area contributed by atoms with Crippen LogP contribution >= 0.6 is 0 Å². The molecule has 1 aliphatic rings. The van der Waals surface area contributed by atoms with E-state index in [1.165, 1.54) is 0 Å². The summed E-state index contributed by atoms with van der Waals surface area (Å²) in [5.74, 6) is -0.514. The molecule has 4 N–H and O–H groups in total. The molecule has 1 aromatic carbocycles. The van der Waals surface area contributed by atoms with Gasteiger partial charge in [-0.3, -0.25) is 9.59 Å². The van der Waals surface area contributed by atoms with Crippen molar-refractivity contribution in [2.75, 3.05) is 5.32 Å². The number of imidazole rings is 1. The Morgan fingerprint density at radius 2 is 2.03 bits per heavy atom. The summed E-state index contributed by atoms with van der Waals surface area (Å²) >= 11 is 0. The fourth-order valence-corrected chi connectivity index (χ4v) is 4.00. The first-order chi connectivity index (χ1) is 16.5. The number of nitrogens with one attached hydrogen (secondary N) is 2. The minimum Gasteiger partial charge on any atom is -0.369 e. The Morgan fingerprint density at radius 3 is 2.66 bits per heavy atom. The third kappa shape index (κ3) is 3.95. The van der Waals surface area contributed by atoms with E-state index >= 15 is 0 Å². The summed E-state index contributed by atoms with van der Waals surface area (Å²) in [7, 11) is 0. The highest BCUT2D eigenvalue weighted by Gasteiger charge is 2.49. The number of anilines is 1. The molecule has 12 heteroatoms. The van der Waals surface area contributed by atoms with Crippen LogP contribution in [0.5, 0.6) is 0 Å². The van der Waals surface area contributed by atoms with E-state index in [-0.39, 0.29) is 28.8 Å². The van der Waals surface area contributed by atoms with Crippen molar-refractivity contribution in [2.24, 2.45) is 5.73 Å². The van der Waals surface area contributed by atoms with Gasteiger partial charge in [0.15, 0.2) is 0 Å². The lowest BCUT2D eigenvalue weighted by molar-refractivity contribution is -0.137. The van der Waals surface area contributed by atoms with E-state index in [9.17, 15) is 28.0 Å². The first kappa shape index (κ1) is 22.4. The number of carbonyl (C=O) groups is 1. The van der Waals surface area contributed by atoms with Crippen LogP contribution in [-0.4, -0.2) is 30.8 Å². The van der Waals surface area contributed by atoms with Crippen LogP contribution in [0.3, 0.4) is 0 Å². The first-order valence-corrected chi connectivity index (χ1v) is 10.6. The van der Waals surface area contributed by atoms with Crippen LogP contribution < -0.4 is 16.6 Å². The van der Waals surface area contributed by atoms with Crippen LogP contribution in [0.25, 0.3) is 16.6 Å². The van der Waals surface area contributed by atoms with Crippen molar-refractivity contribution in [2.45, 2.75) is 37.9 Å². The Hall–Kier alpha value is -4.40. The highest BCUT2D eigenvalue weighted by Crippen LogP contribution is 2.41. The lowest BCUT2D eigenvalue weighted by Crippen LogP contribution is -2.38. The fourth-order valence-electron chi connectivity index (χ4n) is 4.00. The molecule has 35 heavy (non-hydrogen) atoms. The second-order valence-electron chi connectivity index (χ2n) is 8.66. The molecular formula is C23H18F3N7O2. The van der Waals surface area contributed by atoms with Crippen LogP contribution in [0.1, 0.15) is 41.1 Å². The van der Waals surface area contributed by atoms with Gasteiger partial charge in [0.2, 0.25) is 5.91 Å². The number of primary amides is 1. The zero-order valence-electron chi connectivity index (χ0n) is 18.3. The van der Waals surface area contributed by atoms with Crippen LogP contribution in [0.4, 0.5) is 18.9 Å². The number of rotatable bonds is 5. The molecule has 0 atom stereocenters. The molecule has 0 aliphatic heterocycles. The summed E-state index contributed by atoms with van der Waals surface area (Å²) in [6.07, 6.45) is -0.594. The number of hydrogen-bond donors (Lipinski definition) is 3. The maximum absolute atomic E-state index is 13.5. The van der Waals surface area contributed by atoms with E-state index < -0.39 is 28.7 Å². The van der Waals surface area contributed by atoms with Gasteiger partial charge >= 0.3 is 6.18 Å². The average molecular weight is 481 g/mol. The molecule has 0 radical (unpaired) electrons. The largest absolute Gasteiger partial charge is 0.416 e. The third-order valence-electron chi connectivity index (χ3n) is 6.10. The van der Waals surface area contributed by atoms with Crippen LogP contribution in [0.15, 0.2) is 35.4 Å². The second kappa shape index (κ2) is 7.56. The first-order valence-electron chi connectivity index (χ1n) is 10.6. The number of halogens is 3. The molecular weight excluding hydrogens is 463 g/mol. The maximum atomic E-state index is 13.5. The number of nitrogens with zero attached hydrogens (tertiary/aromatic N) is 4. The zero-order valence-corrected chi connectivity index (χ0v) is 18.3. The highest BCUT2D eigenvalue weighted by molar-refractivity contribution is 5.96. The lowest BCUT2D eigenvalue weighted by atomic mass is 10.1. The molecule has 1 amide bonds. The molecule has 5 rings (SSSR count). The number of aromatic amines is 1. The SMILES string of the molecule is Cc1cc2nc(Cc3nc4c(NC5(C(N)=O)CC5)cc(C(F)(F)F)cc4c(=O)[nH]3)cn2cc1C#N. The third-order valence-corrected chi connectivity index (χ3v) is 6.10. The molecule has 3 aromatic heterocycles. The number of carbonyl (C=O) groups excluding carboxylic acids is 1. The van der Waals surface area contributed by atoms with Crippen molar-refractivity contribution in [3.8, 4) is 6.07 Å². The number of H-pyrrole nitrogens is 1. The number of aryl methyl sites for hydroxylation is 1. The van der Waals surface area contributed by atoms with Gasteiger partial charge in [0.1, 0.15) is 28.6 Å². The summed E-state index contributed by atoms with van der Waals surface area (Å²) < 4.78 is 42.2. The number of nitrogens with two attached hydrogens (primary N) is 1. The predicted octanol–water partition coefficient (Wildman–Crippen LogP) is 2.79. The van der Waals surface area contributed by atoms with Crippen molar-refractivity contribution in [1.29, 1.82) is 5.26 Å². The smallest absolute Gasteiger partial charge is 0.369 e. The van der Waals surface area contributed by atoms with Crippen molar-refractivity contribution in [3.05, 3.63) is 69.2 Å². The number of alkyl halides is 3. The minimum absolute atomic E-state index is 0.00403. The van der Waals surface area contributed by atoms with Gasteiger partial charge < -0.3 is 20.4 Å². The topological polar surface area (TPSA) is 142 Å². The molecule has 1 fully saturated rings.